The molecule has 2 unspecified atom stereocenters. The Labute approximate surface area is 158 Å². The Bertz CT molecular complexity index is 797. The van der Waals surface area contributed by atoms with E-state index in [1.54, 1.807) is 0 Å². The van der Waals surface area contributed by atoms with Crippen LogP contribution in [0.25, 0.3) is 11.3 Å². The van der Waals surface area contributed by atoms with Crippen molar-refractivity contribution in [2.75, 3.05) is 13.2 Å². The van der Waals surface area contributed by atoms with Crippen LogP contribution in [-0.4, -0.2) is 34.3 Å². The van der Waals surface area contributed by atoms with Crippen molar-refractivity contribution in [3.63, 3.8) is 0 Å². The quantitative estimate of drug-likeness (QED) is 0.865. The van der Waals surface area contributed by atoms with Crippen molar-refractivity contribution >= 4 is 5.97 Å². The van der Waals surface area contributed by atoms with E-state index in [-0.39, 0.29) is 18.0 Å². The Morgan fingerprint density at radius 2 is 1.59 bits per heavy atom. The van der Waals surface area contributed by atoms with Gasteiger partial charge in [-0.15, -0.1) is 0 Å². The van der Waals surface area contributed by atoms with Gasteiger partial charge in [0.05, 0.1) is 23.6 Å². The number of aromatic nitrogens is 2. The van der Waals surface area contributed by atoms with Crippen LogP contribution in [0, 0.1) is 0 Å². The molecule has 2 aromatic rings. The van der Waals surface area contributed by atoms with E-state index in [9.17, 15) is 9.90 Å². The number of carboxylic acids is 1. The third-order valence-corrected chi connectivity index (χ3v) is 5.20. The molecule has 0 aliphatic carbocycles. The lowest BCUT2D eigenvalue weighted by molar-refractivity contribution is -0.00285. The number of aromatic carboxylic acids is 1. The Kier molecular flexibility index (Phi) is 5.45. The normalized spacial score (nSPS) is 23.1. The Morgan fingerprint density at radius 3 is 2.19 bits per heavy atom. The van der Waals surface area contributed by atoms with Crippen molar-refractivity contribution in [3.05, 3.63) is 47.4 Å². The third kappa shape index (κ3) is 3.87. The first kappa shape index (κ1) is 18.1. The van der Waals surface area contributed by atoms with Gasteiger partial charge in [-0.2, -0.15) is 0 Å². The van der Waals surface area contributed by atoms with Gasteiger partial charge in [-0.05, 0) is 38.5 Å². The molecule has 2 aliphatic rings. The average Bonchev–Trinajstić information content (AvgIpc) is 2.74. The molecule has 1 aromatic heterocycles. The highest BCUT2D eigenvalue weighted by Crippen LogP contribution is 2.40. The van der Waals surface area contributed by atoms with Crippen molar-refractivity contribution in [1.29, 1.82) is 0 Å². The molecule has 4 rings (SSSR count). The highest BCUT2D eigenvalue weighted by Gasteiger charge is 2.31. The van der Waals surface area contributed by atoms with Crippen LogP contribution in [0.4, 0.5) is 0 Å². The van der Waals surface area contributed by atoms with Crippen molar-refractivity contribution in [1.82, 2.24) is 9.97 Å². The summed E-state index contributed by atoms with van der Waals surface area (Å²) in [6.45, 7) is 1.37. The molecule has 0 spiro atoms. The first-order valence-electron chi connectivity index (χ1n) is 9.68. The summed E-state index contributed by atoms with van der Waals surface area (Å²) in [7, 11) is 0. The summed E-state index contributed by atoms with van der Waals surface area (Å²) in [5.41, 5.74) is 3.12. The second-order valence-corrected chi connectivity index (χ2v) is 7.08. The van der Waals surface area contributed by atoms with E-state index < -0.39 is 5.97 Å². The van der Waals surface area contributed by atoms with Gasteiger partial charge in [0.25, 0.3) is 0 Å². The molecule has 2 atom stereocenters. The topological polar surface area (TPSA) is 81.5 Å². The van der Waals surface area contributed by atoms with Crippen LogP contribution in [-0.2, 0) is 9.47 Å². The predicted molar refractivity (Wildman–Crippen MR) is 99.5 cm³/mol. The SMILES string of the molecule is O=C(O)c1nc(-c2ccccc2)c(C2CCCCO2)c(C2CCCCO2)n1. The molecule has 6 heteroatoms. The molecular formula is C21H24N2O4. The second-order valence-electron chi connectivity index (χ2n) is 7.08. The van der Waals surface area contributed by atoms with Crippen molar-refractivity contribution in [2.24, 2.45) is 0 Å². The monoisotopic (exact) mass is 368 g/mol. The maximum Gasteiger partial charge on any atom is 0.373 e. The van der Waals surface area contributed by atoms with Gasteiger partial charge >= 0.3 is 5.97 Å². The summed E-state index contributed by atoms with van der Waals surface area (Å²) in [5.74, 6) is -1.31. The number of benzene rings is 1. The van der Waals surface area contributed by atoms with E-state index in [0.717, 1.165) is 49.7 Å². The van der Waals surface area contributed by atoms with Crippen LogP contribution in [0.15, 0.2) is 30.3 Å². The number of carbonyl (C=O) groups is 1. The van der Waals surface area contributed by atoms with E-state index in [2.05, 4.69) is 9.97 Å². The van der Waals surface area contributed by atoms with Crippen LogP contribution in [0.2, 0.25) is 0 Å². The van der Waals surface area contributed by atoms with Gasteiger partial charge in [0.1, 0.15) is 0 Å². The number of hydrogen-bond acceptors (Lipinski definition) is 5. The lowest BCUT2D eigenvalue weighted by Gasteiger charge is -2.30. The van der Waals surface area contributed by atoms with Crippen LogP contribution < -0.4 is 0 Å². The highest BCUT2D eigenvalue weighted by atomic mass is 16.5. The molecular weight excluding hydrogens is 344 g/mol. The standard InChI is InChI=1S/C21H24N2O4/c24-21(25)20-22-18(14-8-2-1-3-9-14)17(15-10-4-6-12-26-15)19(23-20)16-11-5-7-13-27-16/h1-3,8-9,15-16H,4-7,10-13H2,(H,24,25). The molecule has 142 valence electrons. The van der Waals surface area contributed by atoms with Crippen LogP contribution in [0.1, 0.15) is 72.6 Å². The van der Waals surface area contributed by atoms with Gasteiger partial charge in [0.15, 0.2) is 0 Å². The molecule has 0 radical (unpaired) electrons. The number of ether oxygens (including phenoxy) is 2. The Balaban J connectivity index is 1.91. The smallest absolute Gasteiger partial charge is 0.373 e. The molecule has 1 aromatic carbocycles. The van der Waals surface area contributed by atoms with Crippen LogP contribution in [0.5, 0.6) is 0 Å². The fourth-order valence-electron chi connectivity index (χ4n) is 3.89. The number of hydrogen-bond donors (Lipinski definition) is 1. The van der Waals surface area contributed by atoms with Crippen molar-refractivity contribution in [2.45, 2.75) is 50.7 Å². The van der Waals surface area contributed by atoms with Crippen LogP contribution >= 0.6 is 0 Å². The van der Waals surface area contributed by atoms with E-state index in [1.165, 1.54) is 0 Å². The largest absolute Gasteiger partial charge is 0.475 e. The van der Waals surface area contributed by atoms with E-state index in [4.69, 9.17) is 9.47 Å². The summed E-state index contributed by atoms with van der Waals surface area (Å²) in [5, 5.41) is 9.58. The highest BCUT2D eigenvalue weighted by molar-refractivity contribution is 5.84. The molecule has 2 aliphatic heterocycles. The number of nitrogens with zero attached hydrogens (tertiary/aromatic N) is 2. The van der Waals surface area contributed by atoms with E-state index in [1.807, 2.05) is 30.3 Å². The van der Waals surface area contributed by atoms with Gasteiger partial charge in [0, 0.05) is 24.3 Å². The van der Waals surface area contributed by atoms with Gasteiger partial charge in [-0.1, -0.05) is 30.3 Å². The fourth-order valence-corrected chi connectivity index (χ4v) is 3.89. The summed E-state index contributed by atoms with van der Waals surface area (Å²) in [6.07, 6.45) is 5.57. The number of carboxylic acid groups (broad SMARTS) is 1. The predicted octanol–water partition coefficient (Wildman–Crippen LogP) is 4.33. The Hall–Kier alpha value is -2.31. The maximum absolute atomic E-state index is 11.7. The van der Waals surface area contributed by atoms with Crippen LogP contribution in [0.3, 0.4) is 0 Å². The fraction of sp³-hybridized carbons (Fsp3) is 0.476. The van der Waals surface area contributed by atoms with Crippen molar-refractivity contribution in [3.8, 4) is 11.3 Å². The zero-order chi connectivity index (χ0) is 18.6. The van der Waals surface area contributed by atoms with Gasteiger partial charge in [0.2, 0.25) is 5.82 Å². The number of rotatable bonds is 4. The summed E-state index contributed by atoms with van der Waals surface area (Å²) < 4.78 is 12.1. The van der Waals surface area contributed by atoms with Gasteiger partial charge in [-0.3, -0.25) is 0 Å². The molecule has 1 N–H and O–H groups in total. The van der Waals surface area contributed by atoms with Gasteiger partial charge in [-0.25, -0.2) is 14.8 Å². The zero-order valence-corrected chi connectivity index (χ0v) is 15.3. The molecule has 0 saturated carbocycles. The maximum atomic E-state index is 11.7. The minimum Gasteiger partial charge on any atom is -0.475 e. The average molecular weight is 368 g/mol. The first-order chi connectivity index (χ1) is 13.2. The molecule has 27 heavy (non-hydrogen) atoms. The molecule has 2 saturated heterocycles. The second kappa shape index (κ2) is 8.15. The molecule has 0 amide bonds. The molecule has 6 nitrogen and oxygen atoms in total. The summed E-state index contributed by atoms with van der Waals surface area (Å²) >= 11 is 0. The lowest BCUT2D eigenvalue weighted by Crippen LogP contribution is -2.23. The van der Waals surface area contributed by atoms with Gasteiger partial charge < -0.3 is 14.6 Å². The van der Waals surface area contributed by atoms with Crippen molar-refractivity contribution < 1.29 is 19.4 Å². The minimum atomic E-state index is -1.12. The molecule has 3 heterocycles. The lowest BCUT2D eigenvalue weighted by atomic mass is 9.91. The minimum absolute atomic E-state index is 0.127. The molecule has 0 bridgehead atoms. The van der Waals surface area contributed by atoms with E-state index >= 15 is 0 Å². The first-order valence-corrected chi connectivity index (χ1v) is 9.68. The third-order valence-electron chi connectivity index (χ3n) is 5.20. The zero-order valence-electron chi connectivity index (χ0n) is 15.3. The molecule has 2 fully saturated rings. The van der Waals surface area contributed by atoms with E-state index in [0.29, 0.717) is 24.6 Å². The summed E-state index contributed by atoms with van der Waals surface area (Å²) in [4.78, 5) is 20.6. The summed E-state index contributed by atoms with van der Waals surface area (Å²) in [6, 6.07) is 9.70. The Morgan fingerprint density at radius 1 is 0.926 bits per heavy atom.